The molecule has 19 heavy (non-hydrogen) atoms. The van der Waals surface area contributed by atoms with Gasteiger partial charge in [-0.1, -0.05) is 30.3 Å². The molecule has 0 amide bonds. The number of aliphatic carboxylic acids is 1. The minimum atomic E-state index is -1.03. The Bertz CT molecular complexity index is 590. The Hall–Kier alpha value is -2.30. The highest BCUT2D eigenvalue weighted by Gasteiger charge is 2.24. The molecule has 0 saturated carbocycles. The average molecular weight is 260 g/mol. The van der Waals surface area contributed by atoms with E-state index in [9.17, 15) is 9.90 Å². The number of hydrogen-bond acceptors (Lipinski definition) is 3. The highest BCUT2D eigenvalue weighted by molar-refractivity contribution is 5.75. The summed E-state index contributed by atoms with van der Waals surface area (Å²) < 4.78 is 7.34. The molecule has 1 aromatic carbocycles. The van der Waals surface area contributed by atoms with Crippen LogP contribution < -0.4 is 4.74 Å². The van der Waals surface area contributed by atoms with Gasteiger partial charge in [0.1, 0.15) is 5.69 Å². The van der Waals surface area contributed by atoms with E-state index in [-0.39, 0.29) is 0 Å². The number of carboxylic acids is 1. The number of aryl methyl sites for hydroxylation is 2. The molecule has 0 saturated heterocycles. The van der Waals surface area contributed by atoms with Crippen LogP contribution in [0.5, 0.6) is 5.75 Å². The summed E-state index contributed by atoms with van der Waals surface area (Å²) in [5.74, 6) is -0.493. The van der Waals surface area contributed by atoms with Crippen molar-refractivity contribution >= 4 is 5.97 Å². The second kappa shape index (κ2) is 5.14. The smallest absolute Gasteiger partial charge is 0.349 e. The van der Waals surface area contributed by atoms with E-state index in [2.05, 4.69) is 5.10 Å². The molecule has 1 atom stereocenters. The van der Waals surface area contributed by atoms with Crippen molar-refractivity contribution in [2.45, 2.75) is 20.0 Å². The average Bonchev–Trinajstić information content (AvgIpc) is 2.62. The number of carboxylic acid groups (broad SMARTS) is 1. The molecule has 0 aliphatic heterocycles. The fourth-order valence-electron chi connectivity index (χ4n) is 1.93. The van der Waals surface area contributed by atoms with Gasteiger partial charge >= 0.3 is 5.97 Å². The quantitative estimate of drug-likeness (QED) is 0.915. The highest BCUT2D eigenvalue weighted by atomic mass is 16.5. The SMILES string of the molecule is Cc1nn(C)c(C)c1OC(C(=O)O)c1ccccc1. The standard InChI is InChI=1S/C14H16N2O3/c1-9-12(10(2)16(3)15-9)19-13(14(17)18)11-7-5-4-6-8-11/h4-8,13H,1-3H3,(H,17,18). The van der Waals surface area contributed by atoms with Gasteiger partial charge in [0.2, 0.25) is 6.10 Å². The summed E-state index contributed by atoms with van der Waals surface area (Å²) in [6.07, 6.45) is -1.03. The Morgan fingerprint density at radius 1 is 1.32 bits per heavy atom. The third-order valence-corrected chi connectivity index (χ3v) is 3.00. The molecule has 0 spiro atoms. The van der Waals surface area contributed by atoms with Crippen LogP contribution in [0, 0.1) is 13.8 Å². The van der Waals surface area contributed by atoms with E-state index in [1.165, 1.54) is 0 Å². The van der Waals surface area contributed by atoms with Crippen LogP contribution >= 0.6 is 0 Å². The third kappa shape index (κ3) is 2.59. The minimum absolute atomic E-state index is 0.527. The zero-order valence-electron chi connectivity index (χ0n) is 11.1. The van der Waals surface area contributed by atoms with Crippen molar-refractivity contribution in [2.75, 3.05) is 0 Å². The van der Waals surface area contributed by atoms with Crippen molar-refractivity contribution in [1.82, 2.24) is 9.78 Å². The topological polar surface area (TPSA) is 64.4 Å². The first-order valence-electron chi connectivity index (χ1n) is 5.95. The Balaban J connectivity index is 2.35. The van der Waals surface area contributed by atoms with Crippen LogP contribution in [-0.2, 0) is 11.8 Å². The zero-order chi connectivity index (χ0) is 14.0. The molecule has 0 fully saturated rings. The van der Waals surface area contributed by atoms with Crippen molar-refractivity contribution < 1.29 is 14.6 Å². The van der Waals surface area contributed by atoms with Crippen LogP contribution in [0.2, 0.25) is 0 Å². The van der Waals surface area contributed by atoms with Crippen molar-refractivity contribution in [1.29, 1.82) is 0 Å². The number of carbonyl (C=O) groups is 1. The van der Waals surface area contributed by atoms with Gasteiger partial charge in [0.15, 0.2) is 5.75 Å². The normalized spacial score (nSPS) is 12.2. The van der Waals surface area contributed by atoms with Gasteiger partial charge in [0.05, 0.1) is 5.69 Å². The first-order valence-corrected chi connectivity index (χ1v) is 5.95. The molecule has 0 radical (unpaired) electrons. The van der Waals surface area contributed by atoms with Crippen LogP contribution in [0.25, 0.3) is 0 Å². The molecular weight excluding hydrogens is 244 g/mol. The summed E-state index contributed by atoms with van der Waals surface area (Å²) >= 11 is 0. The van der Waals surface area contributed by atoms with E-state index >= 15 is 0 Å². The van der Waals surface area contributed by atoms with Gasteiger partial charge in [-0.25, -0.2) is 4.79 Å². The van der Waals surface area contributed by atoms with Crippen LogP contribution in [0.15, 0.2) is 30.3 Å². The summed E-state index contributed by atoms with van der Waals surface area (Å²) in [4.78, 5) is 11.4. The summed E-state index contributed by atoms with van der Waals surface area (Å²) in [7, 11) is 1.80. The third-order valence-electron chi connectivity index (χ3n) is 3.00. The second-order valence-corrected chi connectivity index (χ2v) is 4.37. The van der Waals surface area contributed by atoms with E-state index in [0.717, 1.165) is 5.69 Å². The number of benzene rings is 1. The molecule has 2 rings (SSSR count). The maximum Gasteiger partial charge on any atom is 0.349 e. The Labute approximate surface area is 111 Å². The van der Waals surface area contributed by atoms with Crippen LogP contribution in [0.4, 0.5) is 0 Å². The van der Waals surface area contributed by atoms with Crippen LogP contribution in [-0.4, -0.2) is 20.9 Å². The lowest BCUT2D eigenvalue weighted by Crippen LogP contribution is -2.18. The first kappa shape index (κ1) is 13.1. The fraction of sp³-hybridized carbons (Fsp3) is 0.286. The van der Waals surface area contributed by atoms with Crippen LogP contribution in [0.3, 0.4) is 0 Å². The van der Waals surface area contributed by atoms with Crippen molar-refractivity contribution in [3.05, 3.63) is 47.3 Å². The highest BCUT2D eigenvalue weighted by Crippen LogP contribution is 2.28. The molecule has 1 N–H and O–H groups in total. The summed E-state index contributed by atoms with van der Waals surface area (Å²) in [6.45, 7) is 3.64. The van der Waals surface area contributed by atoms with E-state index < -0.39 is 12.1 Å². The minimum Gasteiger partial charge on any atom is -0.478 e. The molecule has 0 aliphatic rings. The number of ether oxygens (including phenoxy) is 1. The molecular formula is C14H16N2O3. The monoisotopic (exact) mass is 260 g/mol. The number of rotatable bonds is 4. The van der Waals surface area contributed by atoms with E-state index in [4.69, 9.17) is 4.74 Å². The van der Waals surface area contributed by atoms with E-state index in [1.807, 2.05) is 13.0 Å². The number of hydrogen-bond donors (Lipinski definition) is 1. The van der Waals surface area contributed by atoms with Crippen molar-refractivity contribution in [3.8, 4) is 5.75 Å². The second-order valence-electron chi connectivity index (χ2n) is 4.37. The lowest BCUT2D eigenvalue weighted by atomic mass is 10.1. The molecule has 1 heterocycles. The lowest BCUT2D eigenvalue weighted by molar-refractivity contribution is -0.145. The van der Waals surface area contributed by atoms with Gasteiger partial charge in [-0.05, 0) is 13.8 Å². The molecule has 5 heteroatoms. The molecule has 0 aliphatic carbocycles. The Morgan fingerprint density at radius 2 is 1.95 bits per heavy atom. The lowest BCUT2D eigenvalue weighted by Gasteiger charge is -2.15. The van der Waals surface area contributed by atoms with Crippen LogP contribution in [0.1, 0.15) is 23.1 Å². The Kier molecular flexibility index (Phi) is 3.55. The van der Waals surface area contributed by atoms with Gasteiger partial charge < -0.3 is 9.84 Å². The number of aromatic nitrogens is 2. The van der Waals surface area contributed by atoms with Crippen molar-refractivity contribution in [3.63, 3.8) is 0 Å². The van der Waals surface area contributed by atoms with Gasteiger partial charge in [-0.15, -0.1) is 0 Å². The molecule has 1 aromatic heterocycles. The van der Waals surface area contributed by atoms with Crippen molar-refractivity contribution in [2.24, 2.45) is 7.05 Å². The molecule has 0 bridgehead atoms. The maximum absolute atomic E-state index is 11.4. The first-order chi connectivity index (χ1) is 9.00. The zero-order valence-corrected chi connectivity index (χ0v) is 11.1. The maximum atomic E-state index is 11.4. The molecule has 100 valence electrons. The van der Waals surface area contributed by atoms with E-state index in [0.29, 0.717) is 17.0 Å². The molecule has 2 aromatic rings. The van der Waals surface area contributed by atoms with Gasteiger partial charge in [-0.2, -0.15) is 5.10 Å². The number of nitrogens with zero attached hydrogens (tertiary/aromatic N) is 2. The molecule has 5 nitrogen and oxygen atoms in total. The fourth-order valence-corrected chi connectivity index (χ4v) is 1.93. The van der Waals surface area contributed by atoms with Gasteiger partial charge in [0.25, 0.3) is 0 Å². The Morgan fingerprint density at radius 3 is 2.42 bits per heavy atom. The van der Waals surface area contributed by atoms with E-state index in [1.54, 1.807) is 42.9 Å². The molecule has 1 unspecified atom stereocenters. The summed E-state index contributed by atoms with van der Waals surface area (Å²) in [5.41, 5.74) is 2.10. The summed E-state index contributed by atoms with van der Waals surface area (Å²) in [6, 6.07) is 8.89. The summed E-state index contributed by atoms with van der Waals surface area (Å²) in [5, 5.41) is 13.5. The predicted octanol–water partition coefficient (Wildman–Crippen LogP) is 2.24. The largest absolute Gasteiger partial charge is 0.478 e. The van der Waals surface area contributed by atoms with Gasteiger partial charge in [0, 0.05) is 12.6 Å². The predicted molar refractivity (Wildman–Crippen MR) is 70.1 cm³/mol. The van der Waals surface area contributed by atoms with Gasteiger partial charge in [-0.3, -0.25) is 4.68 Å².